The highest BCUT2D eigenvalue weighted by Gasteiger charge is 2.14. The van der Waals surface area contributed by atoms with Gasteiger partial charge in [0.05, 0.1) is 11.1 Å². The van der Waals surface area contributed by atoms with Gasteiger partial charge < -0.3 is 10.1 Å². The topological polar surface area (TPSA) is 110 Å². The summed E-state index contributed by atoms with van der Waals surface area (Å²) in [5.41, 5.74) is 2.58. The molecule has 0 saturated heterocycles. The second kappa shape index (κ2) is 9.72. The molecule has 0 bridgehead atoms. The number of amides is 1. The Hall–Kier alpha value is -4.24. The van der Waals surface area contributed by atoms with Gasteiger partial charge in [0.1, 0.15) is 23.0 Å². The minimum Gasteiger partial charge on any atom is -0.456 e. The molecule has 34 heavy (non-hydrogen) atoms. The third-order valence-electron chi connectivity index (χ3n) is 4.76. The Morgan fingerprint density at radius 3 is 2.35 bits per heavy atom. The number of hydrogen-bond donors (Lipinski definition) is 2. The average Bonchev–Trinajstić information content (AvgIpc) is 2.81. The van der Waals surface area contributed by atoms with Gasteiger partial charge in [0.25, 0.3) is 15.9 Å². The first-order chi connectivity index (χ1) is 16.3. The van der Waals surface area contributed by atoms with E-state index in [1.54, 1.807) is 54.6 Å². The van der Waals surface area contributed by atoms with Gasteiger partial charge in [-0.05, 0) is 62.4 Å². The minimum atomic E-state index is -3.74. The molecular weight excluding hydrogens is 452 g/mol. The molecule has 0 saturated carbocycles. The van der Waals surface area contributed by atoms with Gasteiger partial charge in [0, 0.05) is 17.4 Å². The molecule has 0 atom stereocenters. The molecule has 2 aromatic heterocycles. The van der Waals surface area contributed by atoms with Crippen LogP contribution in [0.2, 0.25) is 0 Å². The van der Waals surface area contributed by atoms with Crippen molar-refractivity contribution in [2.45, 2.75) is 18.7 Å². The van der Waals surface area contributed by atoms with Crippen molar-refractivity contribution in [2.75, 3.05) is 10.0 Å². The van der Waals surface area contributed by atoms with Crippen LogP contribution in [0.15, 0.2) is 90.0 Å². The smallest absolute Gasteiger partial charge is 0.274 e. The molecule has 172 valence electrons. The van der Waals surface area contributed by atoms with Gasteiger partial charge in [-0.1, -0.05) is 29.8 Å². The Labute approximate surface area is 197 Å². The first-order valence-electron chi connectivity index (χ1n) is 10.4. The largest absolute Gasteiger partial charge is 0.456 e. The van der Waals surface area contributed by atoms with E-state index in [1.807, 2.05) is 19.9 Å². The summed E-state index contributed by atoms with van der Waals surface area (Å²) in [5, 5.41) is 2.79. The molecule has 2 heterocycles. The van der Waals surface area contributed by atoms with Crippen molar-refractivity contribution in [3.8, 4) is 11.5 Å². The number of ether oxygens (including phenoxy) is 1. The molecule has 1 amide bonds. The predicted octanol–water partition coefficient (Wildman–Crippen LogP) is 4.94. The van der Waals surface area contributed by atoms with Crippen LogP contribution in [0, 0.1) is 13.8 Å². The van der Waals surface area contributed by atoms with Crippen molar-refractivity contribution in [3.05, 3.63) is 102 Å². The average molecular weight is 475 g/mol. The molecule has 0 spiro atoms. The number of aromatic nitrogens is 2. The second-order valence-corrected chi connectivity index (χ2v) is 9.23. The molecule has 4 rings (SSSR count). The summed E-state index contributed by atoms with van der Waals surface area (Å²) in [7, 11) is -3.74. The summed E-state index contributed by atoms with van der Waals surface area (Å²) in [6.07, 6.45) is 1.41. The highest BCUT2D eigenvalue weighted by atomic mass is 32.2. The van der Waals surface area contributed by atoms with Crippen LogP contribution in [0.5, 0.6) is 11.5 Å². The monoisotopic (exact) mass is 474 g/mol. The quantitative estimate of drug-likeness (QED) is 0.393. The van der Waals surface area contributed by atoms with E-state index in [1.165, 1.54) is 24.4 Å². The van der Waals surface area contributed by atoms with E-state index in [9.17, 15) is 13.2 Å². The summed E-state index contributed by atoms with van der Waals surface area (Å²) in [6.45, 7) is 3.70. The second-order valence-electron chi connectivity index (χ2n) is 7.55. The zero-order valence-electron chi connectivity index (χ0n) is 18.5. The van der Waals surface area contributed by atoms with Crippen LogP contribution < -0.4 is 14.8 Å². The number of rotatable bonds is 7. The van der Waals surface area contributed by atoms with E-state index in [2.05, 4.69) is 20.0 Å². The maximum atomic E-state index is 12.5. The third kappa shape index (κ3) is 5.76. The van der Waals surface area contributed by atoms with Crippen LogP contribution >= 0.6 is 0 Å². The number of sulfonamides is 1. The van der Waals surface area contributed by atoms with E-state index in [-0.39, 0.29) is 16.6 Å². The lowest BCUT2D eigenvalue weighted by Gasteiger charge is -2.10. The number of carbonyl (C=O) groups excluding carboxylic acids is 1. The molecule has 2 N–H and O–H groups in total. The summed E-state index contributed by atoms with van der Waals surface area (Å²) < 4.78 is 33.3. The Bertz CT molecular complexity index is 1420. The van der Waals surface area contributed by atoms with Gasteiger partial charge in [-0.15, -0.1) is 0 Å². The van der Waals surface area contributed by atoms with Crippen molar-refractivity contribution in [3.63, 3.8) is 0 Å². The normalized spacial score (nSPS) is 11.0. The molecule has 0 aliphatic heterocycles. The molecule has 0 aliphatic carbocycles. The molecule has 0 unspecified atom stereocenters. The predicted molar refractivity (Wildman–Crippen MR) is 130 cm³/mol. The van der Waals surface area contributed by atoms with Crippen molar-refractivity contribution in [2.24, 2.45) is 0 Å². The first kappa shape index (κ1) is 22.9. The first-order valence-corrected chi connectivity index (χ1v) is 11.9. The van der Waals surface area contributed by atoms with E-state index in [4.69, 9.17) is 4.74 Å². The Morgan fingerprint density at radius 2 is 1.65 bits per heavy atom. The standard InChI is InChI=1S/C25H22N4O4S/c1-17-9-12-22(13-10-17)34(31,32)29-24-14-11-21(16-26-24)33-20-7-4-6-19(15-20)28-25(30)23-8-3-5-18(2)27-23/h3-16H,1-2H3,(H,26,29)(H,28,30). The van der Waals surface area contributed by atoms with E-state index < -0.39 is 10.0 Å². The minimum absolute atomic E-state index is 0.153. The van der Waals surface area contributed by atoms with Crippen molar-refractivity contribution >= 4 is 27.4 Å². The molecule has 8 nitrogen and oxygen atoms in total. The lowest BCUT2D eigenvalue weighted by Crippen LogP contribution is -2.14. The maximum absolute atomic E-state index is 12.5. The number of anilines is 2. The molecule has 2 aromatic carbocycles. The van der Waals surface area contributed by atoms with Crippen molar-refractivity contribution < 1.29 is 17.9 Å². The molecule has 4 aromatic rings. The Kier molecular flexibility index (Phi) is 6.55. The fourth-order valence-corrected chi connectivity index (χ4v) is 4.06. The fraction of sp³-hybridized carbons (Fsp3) is 0.0800. The van der Waals surface area contributed by atoms with E-state index in [0.29, 0.717) is 22.9 Å². The Morgan fingerprint density at radius 1 is 0.882 bits per heavy atom. The Balaban J connectivity index is 1.41. The van der Waals surface area contributed by atoms with Gasteiger partial charge in [0.2, 0.25) is 0 Å². The molecule has 9 heteroatoms. The lowest BCUT2D eigenvalue weighted by atomic mass is 10.2. The number of nitrogens with zero attached hydrogens (tertiary/aromatic N) is 2. The maximum Gasteiger partial charge on any atom is 0.274 e. The van der Waals surface area contributed by atoms with Gasteiger partial charge in [-0.2, -0.15) is 0 Å². The van der Waals surface area contributed by atoms with Crippen molar-refractivity contribution in [1.29, 1.82) is 0 Å². The van der Waals surface area contributed by atoms with Crippen LogP contribution in [0.4, 0.5) is 11.5 Å². The highest BCUT2D eigenvalue weighted by Crippen LogP contribution is 2.25. The van der Waals surface area contributed by atoms with E-state index in [0.717, 1.165) is 11.3 Å². The number of carbonyl (C=O) groups is 1. The zero-order chi connectivity index (χ0) is 24.1. The molecule has 0 radical (unpaired) electrons. The summed E-state index contributed by atoms with van der Waals surface area (Å²) in [5.74, 6) is 0.722. The number of aryl methyl sites for hydroxylation is 2. The third-order valence-corrected chi connectivity index (χ3v) is 6.13. The van der Waals surface area contributed by atoms with Crippen LogP contribution in [0.25, 0.3) is 0 Å². The van der Waals surface area contributed by atoms with Gasteiger partial charge in [-0.25, -0.2) is 18.4 Å². The van der Waals surface area contributed by atoms with Crippen LogP contribution in [0.1, 0.15) is 21.7 Å². The van der Waals surface area contributed by atoms with Crippen molar-refractivity contribution in [1.82, 2.24) is 9.97 Å². The SMILES string of the molecule is Cc1ccc(S(=O)(=O)Nc2ccc(Oc3cccc(NC(=O)c4cccc(C)n4)c3)cn2)cc1. The van der Waals surface area contributed by atoms with Crippen LogP contribution in [0.3, 0.4) is 0 Å². The summed E-state index contributed by atoms with van der Waals surface area (Å²) in [4.78, 5) is 20.9. The number of nitrogens with one attached hydrogen (secondary N) is 2. The molecule has 0 aliphatic rings. The van der Waals surface area contributed by atoms with Gasteiger partial charge >= 0.3 is 0 Å². The number of pyridine rings is 2. The number of benzene rings is 2. The summed E-state index contributed by atoms with van der Waals surface area (Å²) in [6, 6.07) is 21.8. The summed E-state index contributed by atoms with van der Waals surface area (Å²) >= 11 is 0. The molecular formula is C25H22N4O4S. The highest BCUT2D eigenvalue weighted by molar-refractivity contribution is 7.92. The van der Waals surface area contributed by atoms with E-state index >= 15 is 0 Å². The van der Waals surface area contributed by atoms with Gasteiger partial charge in [-0.3, -0.25) is 9.52 Å². The lowest BCUT2D eigenvalue weighted by molar-refractivity contribution is 0.102. The van der Waals surface area contributed by atoms with Crippen LogP contribution in [-0.4, -0.2) is 24.3 Å². The van der Waals surface area contributed by atoms with Gasteiger partial charge in [0.15, 0.2) is 0 Å². The number of hydrogen-bond acceptors (Lipinski definition) is 6. The molecule has 0 fully saturated rings. The fourth-order valence-electron chi connectivity index (χ4n) is 3.05. The van der Waals surface area contributed by atoms with Crippen LogP contribution in [-0.2, 0) is 10.0 Å². The zero-order valence-corrected chi connectivity index (χ0v) is 19.3.